The summed E-state index contributed by atoms with van der Waals surface area (Å²) < 4.78 is 12.2. The monoisotopic (exact) mass is 401 g/mol. The number of hydrogen-bond acceptors (Lipinski definition) is 6. The minimum Gasteiger partial charge on any atom is -0.547 e. The van der Waals surface area contributed by atoms with Crippen LogP contribution in [0, 0.1) is 28.6 Å². The van der Waals surface area contributed by atoms with Crippen molar-refractivity contribution in [2.24, 2.45) is 28.6 Å². The van der Waals surface area contributed by atoms with Crippen LogP contribution >= 0.6 is 0 Å². The predicted molar refractivity (Wildman–Crippen MR) is 101 cm³/mol. The summed E-state index contributed by atoms with van der Waals surface area (Å²) >= 11 is 0. The van der Waals surface area contributed by atoms with E-state index in [1.807, 2.05) is 13.0 Å². The van der Waals surface area contributed by atoms with Gasteiger partial charge in [0.2, 0.25) is 0 Å². The standard InChI is InChI=1S/C23H30O6/c1-20(2)28-17-10-15-14-6-5-12-9-13(24)7-8-21(12,3)18(14)16(25)11-22(15,4)23(17,29-20)19(26)27/h7-9,14-18,25H,5-6,10-11H2,1-4H3,(H,26,27)/p-1/t14-,15-,16+,17+,18-,21-,22-,23-/m0/s1. The highest BCUT2D eigenvalue weighted by atomic mass is 16.8. The molecular weight excluding hydrogens is 372 g/mol. The number of aliphatic hydroxyl groups excluding tert-OH is 1. The van der Waals surface area contributed by atoms with Gasteiger partial charge in [0, 0.05) is 16.7 Å². The van der Waals surface area contributed by atoms with Gasteiger partial charge in [-0.25, -0.2) is 0 Å². The number of ether oxygens (including phenoxy) is 2. The first kappa shape index (κ1) is 19.5. The van der Waals surface area contributed by atoms with Crippen molar-refractivity contribution in [2.45, 2.75) is 77.0 Å². The van der Waals surface area contributed by atoms with Crippen LogP contribution in [0.2, 0.25) is 0 Å². The number of carboxylic acids is 1. The number of carbonyl (C=O) groups is 2. The normalized spacial score (nSPS) is 52.2. The van der Waals surface area contributed by atoms with Crippen LogP contribution in [0.5, 0.6) is 0 Å². The summed E-state index contributed by atoms with van der Waals surface area (Å²) in [5.41, 5.74) is -1.64. The Kier molecular flexibility index (Phi) is 3.75. The van der Waals surface area contributed by atoms with Gasteiger partial charge in [-0.15, -0.1) is 0 Å². The molecule has 0 amide bonds. The van der Waals surface area contributed by atoms with Crippen LogP contribution in [-0.4, -0.2) is 40.5 Å². The summed E-state index contributed by atoms with van der Waals surface area (Å²) in [4.78, 5) is 24.4. The van der Waals surface area contributed by atoms with E-state index in [9.17, 15) is 19.8 Å². The van der Waals surface area contributed by atoms with Crippen LogP contribution in [0.4, 0.5) is 0 Å². The summed E-state index contributed by atoms with van der Waals surface area (Å²) in [5.74, 6) is -2.13. The summed E-state index contributed by atoms with van der Waals surface area (Å²) in [5, 5.41) is 23.9. The minimum atomic E-state index is -1.55. The van der Waals surface area contributed by atoms with Crippen molar-refractivity contribution in [3.8, 4) is 0 Å². The molecule has 0 aromatic carbocycles. The number of aliphatic hydroxyl groups is 1. The average Bonchev–Trinajstić information content (AvgIpc) is 3.02. The van der Waals surface area contributed by atoms with Gasteiger partial charge in [0.1, 0.15) is 5.60 Å². The lowest BCUT2D eigenvalue weighted by Crippen LogP contribution is -2.66. The zero-order chi connectivity index (χ0) is 21.0. The zero-order valence-corrected chi connectivity index (χ0v) is 17.4. The molecule has 0 aromatic heterocycles. The zero-order valence-electron chi connectivity index (χ0n) is 17.4. The SMILES string of the molecule is CC1(C)O[C@@H]2C[C@H]3[C@@H]4CCC5=CC(=O)C=C[C@]5(C)[C@@H]4[C@H](O)C[C@]3(C)[C@]2(C(=O)[O-])O1. The molecule has 0 bridgehead atoms. The molecule has 1 N–H and O–H groups in total. The summed E-state index contributed by atoms with van der Waals surface area (Å²) in [6, 6.07) is 0. The van der Waals surface area contributed by atoms with Gasteiger partial charge in [-0.2, -0.15) is 0 Å². The van der Waals surface area contributed by atoms with Crippen LogP contribution < -0.4 is 5.11 Å². The van der Waals surface area contributed by atoms with Gasteiger partial charge in [-0.05, 0) is 63.5 Å². The van der Waals surface area contributed by atoms with E-state index < -0.39 is 35.0 Å². The van der Waals surface area contributed by atoms with Crippen molar-refractivity contribution in [3.05, 3.63) is 23.8 Å². The van der Waals surface area contributed by atoms with Gasteiger partial charge in [0.25, 0.3) is 0 Å². The number of rotatable bonds is 1. The third-order valence-electron chi connectivity index (χ3n) is 8.79. The van der Waals surface area contributed by atoms with E-state index in [-0.39, 0.29) is 29.0 Å². The molecule has 5 rings (SSSR count). The van der Waals surface area contributed by atoms with Crippen LogP contribution in [-0.2, 0) is 19.1 Å². The molecule has 1 aliphatic heterocycles. The smallest absolute Gasteiger partial charge is 0.178 e. The van der Waals surface area contributed by atoms with Crippen molar-refractivity contribution in [1.82, 2.24) is 0 Å². The largest absolute Gasteiger partial charge is 0.547 e. The van der Waals surface area contributed by atoms with E-state index in [1.54, 1.807) is 26.0 Å². The van der Waals surface area contributed by atoms with E-state index in [1.165, 1.54) is 0 Å². The average molecular weight is 401 g/mol. The highest BCUT2D eigenvalue weighted by molar-refractivity contribution is 6.01. The first-order valence-electron chi connectivity index (χ1n) is 10.7. The Labute approximate surface area is 170 Å². The summed E-state index contributed by atoms with van der Waals surface area (Å²) in [6.45, 7) is 7.51. The van der Waals surface area contributed by atoms with E-state index in [4.69, 9.17) is 9.47 Å². The lowest BCUT2D eigenvalue weighted by molar-refractivity contribution is -0.341. The van der Waals surface area contributed by atoms with Gasteiger partial charge in [0.15, 0.2) is 11.6 Å². The van der Waals surface area contributed by atoms with E-state index >= 15 is 0 Å². The molecule has 0 radical (unpaired) electrons. The number of carboxylic acid groups (broad SMARTS) is 1. The molecule has 4 fully saturated rings. The highest BCUT2D eigenvalue weighted by Gasteiger charge is 2.75. The molecule has 4 aliphatic carbocycles. The lowest BCUT2D eigenvalue weighted by atomic mass is 9.46. The van der Waals surface area contributed by atoms with Gasteiger partial charge in [0.05, 0.1) is 18.2 Å². The molecule has 0 spiro atoms. The Balaban J connectivity index is 1.59. The number of fused-ring (bicyclic) bond motifs is 7. The molecule has 1 heterocycles. The fourth-order valence-electron chi connectivity index (χ4n) is 7.77. The van der Waals surface area contributed by atoms with Crippen LogP contribution in [0.15, 0.2) is 23.8 Å². The summed E-state index contributed by atoms with van der Waals surface area (Å²) in [6.07, 6.45) is 6.49. The number of allylic oxidation sites excluding steroid dienone is 4. The topological polar surface area (TPSA) is 95.9 Å². The first-order chi connectivity index (χ1) is 13.4. The van der Waals surface area contributed by atoms with Crippen molar-refractivity contribution in [1.29, 1.82) is 0 Å². The third kappa shape index (κ3) is 2.23. The molecule has 8 atom stereocenters. The number of ketones is 1. The quantitative estimate of drug-likeness (QED) is 0.716. The molecule has 5 aliphatic rings. The Morgan fingerprint density at radius 2 is 2.00 bits per heavy atom. The predicted octanol–water partition coefficient (Wildman–Crippen LogP) is 1.52. The fourth-order valence-corrected chi connectivity index (χ4v) is 7.77. The lowest BCUT2D eigenvalue weighted by Gasteiger charge is -2.60. The highest BCUT2D eigenvalue weighted by Crippen LogP contribution is 2.70. The maximum atomic E-state index is 12.5. The van der Waals surface area contributed by atoms with Crippen molar-refractivity contribution in [2.75, 3.05) is 0 Å². The second-order valence-electron chi connectivity index (χ2n) is 10.6. The van der Waals surface area contributed by atoms with Crippen molar-refractivity contribution in [3.63, 3.8) is 0 Å². The molecule has 6 nitrogen and oxygen atoms in total. The molecule has 1 saturated heterocycles. The van der Waals surface area contributed by atoms with E-state index in [2.05, 4.69) is 6.92 Å². The molecule has 6 heteroatoms. The van der Waals surface area contributed by atoms with Crippen LogP contribution in [0.3, 0.4) is 0 Å². The second-order valence-corrected chi connectivity index (χ2v) is 10.6. The van der Waals surface area contributed by atoms with Crippen LogP contribution in [0.1, 0.15) is 53.4 Å². The second kappa shape index (κ2) is 5.59. The Bertz CT molecular complexity index is 857. The van der Waals surface area contributed by atoms with E-state index in [0.29, 0.717) is 12.8 Å². The van der Waals surface area contributed by atoms with Gasteiger partial charge in [-0.3, -0.25) is 4.79 Å². The van der Waals surface area contributed by atoms with Crippen molar-refractivity contribution < 1.29 is 29.3 Å². The number of hydrogen-bond donors (Lipinski definition) is 1. The molecule has 0 aromatic rings. The molecule has 29 heavy (non-hydrogen) atoms. The summed E-state index contributed by atoms with van der Waals surface area (Å²) in [7, 11) is 0. The Hall–Kier alpha value is -1.50. The minimum absolute atomic E-state index is 0.00129. The van der Waals surface area contributed by atoms with Crippen LogP contribution in [0.25, 0.3) is 0 Å². The third-order valence-corrected chi connectivity index (χ3v) is 8.79. The van der Waals surface area contributed by atoms with Gasteiger partial charge >= 0.3 is 0 Å². The van der Waals surface area contributed by atoms with Crippen molar-refractivity contribution >= 4 is 11.8 Å². The van der Waals surface area contributed by atoms with E-state index in [0.717, 1.165) is 18.4 Å². The molecule has 3 saturated carbocycles. The fraction of sp³-hybridized carbons (Fsp3) is 0.739. The number of aliphatic carboxylic acids is 1. The molecule has 0 unspecified atom stereocenters. The maximum absolute atomic E-state index is 12.5. The first-order valence-corrected chi connectivity index (χ1v) is 10.7. The molecule has 158 valence electrons. The van der Waals surface area contributed by atoms with Gasteiger partial charge < -0.3 is 24.5 Å². The number of carbonyl (C=O) groups excluding carboxylic acids is 2. The Morgan fingerprint density at radius 1 is 1.28 bits per heavy atom. The Morgan fingerprint density at radius 3 is 2.69 bits per heavy atom. The van der Waals surface area contributed by atoms with Gasteiger partial charge in [-0.1, -0.05) is 25.5 Å². The maximum Gasteiger partial charge on any atom is 0.178 e. The molecular formula is C23H29O6-.